The average molecular weight is 258 g/mol. The van der Waals surface area contributed by atoms with Crippen LogP contribution in [0.1, 0.15) is 36.5 Å². The van der Waals surface area contributed by atoms with E-state index < -0.39 is 0 Å². The second-order valence-corrected chi connectivity index (χ2v) is 5.91. The van der Waals surface area contributed by atoms with Gasteiger partial charge in [-0.3, -0.25) is 0 Å². The molecule has 0 fully saturated rings. The molecular formula is C20H18. The van der Waals surface area contributed by atoms with Gasteiger partial charge in [0, 0.05) is 0 Å². The topological polar surface area (TPSA) is 0 Å². The Balaban J connectivity index is 1.80. The highest BCUT2D eigenvalue weighted by Crippen LogP contribution is 2.38. The number of benzene rings is 2. The van der Waals surface area contributed by atoms with Crippen LogP contribution in [0.2, 0.25) is 0 Å². The minimum atomic E-state index is 1.09. The first-order chi connectivity index (χ1) is 9.81. The van der Waals surface area contributed by atoms with E-state index in [1.807, 2.05) is 0 Å². The lowest BCUT2D eigenvalue weighted by atomic mass is 9.92. The summed E-state index contributed by atoms with van der Waals surface area (Å²) < 4.78 is 0. The van der Waals surface area contributed by atoms with Gasteiger partial charge in [-0.2, -0.15) is 0 Å². The van der Waals surface area contributed by atoms with Crippen molar-refractivity contribution in [3.05, 3.63) is 76.9 Å². The molecule has 0 aromatic heterocycles. The van der Waals surface area contributed by atoms with Crippen molar-refractivity contribution in [2.75, 3.05) is 0 Å². The second kappa shape index (κ2) is 4.49. The van der Waals surface area contributed by atoms with Crippen LogP contribution in [0.15, 0.2) is 60.2 Å². The van der Waals surface area contributed by atoms with E-state index in [1.54, 1.807) is 0 Å². The van der Waals surface area contributed by atoms with Crippen molar-refractivity contribution in [2.24, 2.45) is 0 Å². The summed E-state index contributed by atoms with van der Waals surface area (Å²) >= 11 is 0. The minimum absolute atomic E-state index is 1.09. The fraction of sp³-hybridized carbons (Fsp3) is 0.200. The predicted octanol–water partition coefficient (Wildman–Crippen LogP) is 5.38. The van der Waals surface area contributed by atoms with E-state index in [9.17, 15) is 0 Å². The van der Waals surface area contributed by atoms with E-state index in [2.05, 4.69) is 61.5 Å². The fourth-order valence-corrected chi connectivity index (χ4v) is 3.31. The summed E-state index contributed by atoms with van der Waals surface area (Å²) in [5.41, 5.74) is 10.1. The van der Waals surface area contributed by atoms with Gasteiger partial charge in [-0.25, -0.2) is 0 Å². The molecule has 0 N–H and O–H groups in total. The zero-order valence-electron chi connectivity index (χ0n) is 11.8. The number of hydrogen-bond donors (Lipinski definition) is 0. The maximum atomic E-state index is 2.39. The van der Waals surface area contributed by atoms with Crippen LogP contribution in [0.4, 0.5) is 0 Å². The van der Waals surface area contributed by atoms with Gasteiger partial charge >= 0.3 is 0 Å². The summed E-state index contributed by atoms with van der Waals surface area (Å²) in [4.78, 5) is 0. The molecular weight excluding hydrogens is 240 g/mol. The largest absolute Gasteiger partial charge is 0.0730 e. The third kappa shape index (κ3) is 1.84. The number of hydrogen-bond acceptors (Lipinski definition) is 0. The van der Waals surface area contributed by atoms with Crippen molar-refractivity contribution in [3.8, 4) is 11.1 Å². The average Bonchev–Trinajstić information content (AvgIpc) is 2.86. The maximum Gasteiger partial charge on any atom is -0.00134 e. The third-order valence-electron chi connectivity index (χ3n) is 4.53. The lowest BCUT2D eigenvalue weighted by Crippen LogP contribution is -1.92. The molecule has 0 amide bonds. The van der Waals surface area contributed by atoms with Crippen LogP contribution in [-0.4, -0.2) is 0 Å². The normalized spacial score (nSPS) is 16.2. The predicted molar refractivity (Wildman–Crippen MR) is 85.7 cm³/mol. The van der Waals surface area contributed by atoms with Crippen LogP contribution in [-0.2, 0) is 6.42 Å². The SMILES string of the molecule is CC1=CC=C(c2ccc3c(c2)-c2ccccc2C3)CC1. The Labute approximate surface area is 120 Å². The van der Waals surface area contributed by atoms with E-state index >= 15 is 0 Å². The van der Waals surface area contributed by atoms with Crippen molar-refractivity contribution in [3.63, 3.8) is 0 Å². The van der Waals surface area contributed by atoms with Gasteiger partial charge in [-0.15, -0.1) is 0 Å². The number of rotatable bonds is 1. The van der Waals surface area contributed by atoms with Crippen molar-refractivity contribution >= 4 is 5.57 Å². The van der Waals surface area contributed by atoms with E-state index in [1.165, 1.54) is 51.8 Å². The van der Waals surface area contributed by atoms with E-state index in [0.29, 0.717) is 0 Å². The van der Waals surface area contributed by atoms with E-state index in [-0.39, 0.29) is 0 Å². The van der Waals surface area contributed by atoms with Gasteiger partial charge < -0.3 is 0 Å². The molecule has 0 bridgehead atoms. The van der Waals surface area contributed by atoms with Crippen molar-refractivity contribution in [2.45, 2.75) is 26.2 Å². The summed E-state index contributed by atoms with van der Waals surface area (Å²) in [5.74, 6) is 0. The molecule has 2 aliphatic carbocycles. The molecule has 0 saturated carbocycles. The molecule has 2 aliphatic rings. The molecule has 4 rings (SSSR count). The number of fused-ring (bicyclic) bond motifs is 3. The van der Waals surface area contributed by atoms with Crippen LogP contribution in [0.25, 0.3) is 16.7 Å². The molecule has 0 heteroatoms. The lowest BCUT2D eigenvalue weighted by molar-refractivity contribution is 0.977. The van der Waals surface area contributed by atoms with Crippen molar-refractivity contribution in [1.82, 2.24) is 0 Å². The smallest absolute Gasteiger partial charge is 0.00134 e. The summed E-state index contributed by atoms with van der Waals surface area (Å²) in [7, 11) is 0. The molecule has 0 nitrogen and oxygen atoms in total. The zero-order chi connectivity index (χ0) is 13.5. The van der Waals surface area contributed by atoms with Gasteiger partial charge in [0.25, 0.3) is 0 Å². The van der Waals surface area contributed by atoms with Crippen molar-refractivity contribution in [1.29, 1.82) is 0 Å². The van der Waals surface area contributed by atoms with Gasteiger partial charge in [-0.1, -0.05) is 54.1 Å². The minimum Gasteiger partial charge on any atom is -0.0730 e. The highest BCUT2D eigenvalue weighted by atomic mass is 14.2. The van der Waals surface area contributed by atoms with E-state index in [0.717, 1.165) is 6.42 Å². The fourth-order valence-electron chi connectivity index (χ4n) is 3.31. The van der Waals surface area contributed by atoms with Gasteiger partial charge in [-0.05, 0) is 65.6 Å². The van der Waals surface area contributed by atoms with Gasteiger partial charge in [0.15, 0.2) is 0 Å². The number of allylic oxidation sites excluding steroid dienone is 4. The zero-order valence-corrected chi connectivity index (χ0v) is 11.8. The molecule has 0 atom stereocenters. The molecule has 2 aromatic carbocycles. The Hall–Kier alpha value is -2.08. The molecule has 0 radical (unpaired) electrons. The molecule has 2 aromatic rings. The summed E-state index contributed by atoms with van der Waals surface area (Å²) in [5, 5.41) is 0. The first kappa shape index (κ1) is 11.7. The first-order valence-corrected chi connectivity index (χ1v) is 7.39. The summed E-state index contributed by atoms with van der Waals surface area (Å²) in [6.45, 7) is 2.21. The van der Waals surface area contributed by atoms with Gasteiger partial charge in [0.1, 0.15) is 0 Å². The molecule has 0 spiro atoms. The highest BCUT2D eigenvalue weighted by molar-refractivity contribution is 5.81. The Bertz CT molecular complexity index is 744. The highest BCUT2D eigenvalue weighted by Gasteiger charge is 2.18. The second-order valence-electron chi connectivity index (χ2n) is 5.91. The third-order valence-corrected chi connectivity index (χ3v) is 4.53. The van der Waals surface area contributed by atoms with Crippen LogP contribution in [0, 0.1) is 0 Å². The van der Waals surface area contributed by atoms with Crippen LogP contribution in [0.5, 0.6) is 0 Å². The lowest BCUT2D eigenvalue weighted by Gasteiger charge is -2.13. The Morgan fingerprint density at radius 2 is 1.65 bits per heavy atom. The Kier molecular flexibility index (Phi) is 2.63. The quantitative estimate of drug-likeness (QED) is 0.549. The van der Waals surface area contributed by atoms with Crippen LogP contribution in [0.3, 0.4) is 0 Å². The molecule has 0 saturated heterocycles. The monoisotopic (exact) mass is 258 g/mol. The molecule has 0 aliphatic heterocycles. The molecule has 20 heavy (non-hydrogen) atoms. The maximum absolute atomic E-state index is 2.39. The van der Waals surface area contributed by atoms with E-state index in [4.69, 9.17) is 0 Å². The van der Waals surface area contributed by atoms with Gasteiger partial charge in [0.05, 0.1) is 0 Å². The first-order valence-electron chi connectivity index (χ1n) is 7.39. The molecule has 0 unspecified atom stereocenters. The summed E-state index contributed by atoms with van der Waals surface area (Å²) in [6, 6.07) is 15.8. The Morgan fingerprint density at radius 1 is 0.800 bits per heavy atom. The van der Waals surface area contributed by atoms with Crippen LogP contribution >= 0.6 is 0 Å². The molecule has 98 valence electrons. The van der Waals surface area contributed by atoms with Crippen molar-refractivity contribution < 1.29 is 0 Å². The van der Waals surface area contributed by atoms with Crippen LogP contribution < -0.4 is 0 Å². The summed E-state index contributed by atoms with van der Waals surface area (Å²) in [6.07, 6.45) is 8.01. The van der Waals surface area contributed by atoms with Gasteiger partial charge in [0.2, 0.25) is 0 Å². The standard InChI is InChI=1S/C20H18/c1-14-6-8-15(9-7-14)16-10-11-18-12-17-4-2-3-5-19(17)20(18)13-16/h2-6,8,10-11,13H,7,9,12H2,1H3. The Morgan fingerprint density at radius 3 is 2.50 bits per heavy atom. The molecule has 0 heterocycles.